The molecular formula is C14H16N4O. The molecule has 0 unspecified atom stereocenters. The van der Waals surface area contributed by atoms with E-state index in [1.54, 1.807) is 6.07 Å². The summed E-state index contributed by atoms with van der Waals surface area (Å²) in [7, 11) is 0. The van der Waals surface area contributed by atoms with E-state index < -0.39 is 0 Å². The first kappa shape index (κ1) is 13.2. The van der Waals surface area contributed by atoms with Gasteiger partial charge in [0.1, 0.15) is 5.75 Å². The van der Waals surface area contributed by atoms with Crippen LogP contribution < -0.4 is 4.74 Å². The number of fused-ring (bicyclic) bond motifs is 1. The standard InChI is InChI=1S/C14H16N4O/c1-3-4-7-19-11-5-6-13-12(9-11)14(17-18-15)8-10(2)16-13/h5-6,8-9H,3-4,7H2,1-2H3. The van der Waals surface area contributed by atoms with Crippen LogP contribution in [0.4, 0.5) is 5.69 Å². The van der Waals surface area contributed by atoms with Crippen molar-refractivity contribution in [3.8, 4) is 5.75 Å². The molecule has 0 saturated carbocycles. The van der Waals surface area contributed by atoms with Crippen molar-refractivity contribution in [3.05, 3.63) is 40.4 Å². The van der Waals surface area contributed by atoms with Crippen molar-refractivity contribution >= 4 is 16.6 Å². The Balaban J connectivity index is 2.42. The van der Waals surface area contributed by atoms with Gasteiger partial charge in [-0.1, -0.05) is 18.5 Å². The zero-order valence-corrected chi connectivity index (χ0v) is 11.1. The molecule has 1 heterocycles. The number of azide groups is 1. The summed E-state index contributed by atoms with van der Waals surface area (Å²) in [5.41, 5.74) is 10.8. The van der Waals surface area contributed by atoms with Crippen LogP contribution in [0.3, 0.4) is 0 Å². The smallest absolute Gasteiger partial charge is 0.120 e. The molecule has 5 heteroatoms. The zero-order chi connectivity index (χ0) is 13.7. The number of unbranched alkanes of at least 4 members (excludes halogenated alkanes) is 1. The number of pyridine rings is 1. The number of aryl methyl sites for hydroxylation is 1. The minimum Gasteiger partial charge on any atom is -0.494 e. The molecule has 0 N–H and O–H groups in total. The molecule has 0 amide bonds. The van der Waals surface area contributed by atoms with Crippen LogP contribution in [0.2, 0.25) is 0 Å². The summed E-state index contributed by atoms with van der Waals surface area (Å²) in [6, 6.07) is 7.43. The molecule has 2 aromatic rings. The van der Waals surface area contributed by atoms with Gasteiger partial charge in [0.05, 0.1) is 12.1 Å². The number of hydrogen-bond donors (Lipinski definition) is 0. The van der Waals surface area contributed by atoms with Gasteiger partial charge >= 0.3 is 0 Å². The highest BCUT2D eigenvalue weighted by molar-refractivity contribution is 5.90. The number of aromatic nitrogens is 1. The summed E-state index contributed by atoms with van der Waals surface area (Å²) in [5.74, 6) is 0.779. The van der Waals surface area contributed by atoms with Crippen LogP contribution in [0.15, 0.2) is 29.4 Å². The van der Waals surface area contributed by atoms with Crippen molar-refractivity contribution in [2.24, 2.45) is 5.11 Å². The Morgan fingerprint density at radius 1 is 1.37 bits per heavy atom. The van der Waals surface area contributed by atoms with E-state index in [9.17, 15) is 0 Å². The topological polar surface area (TPSA) is 70.9 Å². The van der Waals surface area contributed by atoms with Crippen molar-refractivity contribution in [3.63, 3.8) is 0 Å². The predicted octanol–water partition coefficient (Wildman–Crippen LogP) is 4.66. The maximum absolute atomic E-state index is 8.62. The van der Waals surface area contributed by atoms with E-state index >= 15 is 0 Å². The molecule has 0 spiro atoms. The van der Waals surface area contributed by atoms with E-state index in [0.29, 0.717) is 12.3 Å². The first-order chi connectivity index (χ1) is 9.24. The lowest BCUT2D eigenvalue weighted by atomic mass is 10.1. The van der Waals surface area contributed by atoms with Gasteiger partial charge in [-0.3, -0.25) is 4.98 Å². The molecule has 0 aliphatic heterocycles. The van der Waals surface area contributed by atoms with E-state index in [1.807, 2.05) is 25.1 Å². The summed E-state index contributed by atoms with van der Waals surface area (Å²) in [4.78, 5) is 7.28. The Morgan fingerprint density at radius 2 is 2.21 bits per heavy atom. The first-order valence-corrected chi connectivity index (χ1v) is 6.34. The van der Waals surface area contributed by atoms with Crippen LogP contribution in [0.25, 0.3) is 21.3 Å². The van der Waals surface area contributed by atoms with E-state index in [-0.39, 0.29) is 0 Å². The number of rotatable bonds is 5. The minimum absolute atomic E-state index is 0.589. The van der Waals surface area contributed by atoms with Gasteiger partial charge in [-0.2, -0.15) is 0 Å². The van der Waals surface area contributed by atoms with Gasteiger partial charge in [-0.05, 0) is 43.1 Å². The number of hydrogen-bond acceptors (Lipinski definition) is 3. The second kappa shape index (κ2) is 6.07. The summed E-state index contributed by atoms with van der Waals surface area (Å²) in [6.45, 7) is 4.69. The highest BCUT2D eigenvalue weighted by Crippen LogP contribution is 2.29. The van der Waals surface area contributed by atoms with Gasteiger partial charge in [0.25, 0.3) is 0 Å². The lowest BCUT2D eigenvalue weighted by Gasteiger charge is -2.08. The average Bonchev–Trinajstić information content (AvgIpc) is 2.40. The normalized spacial score (nSPS) is 10.2. The fraction of sp³-hybridized carbons (Fsp3) is 0.357. The van der Waals surface area contributed by atoms with Crippen molar-refractivity contribution in [1.29, 1.82) is 0 Å². The number of benzene rings is 1. The average molecular weight is 256 g/mol. The Bertz CT molecular complexity index is 633. The van der Waals surface area contributed by atoms with Crippen LogP contribution in [-0.2, 0) is 0 Å². The molecule has 5 nitrogen and oxygen atoms in total. The molecular weight excluding hydrogens is 240 g/mol. The second-order valence-corrected chi connectivity index (χ2v) is 4.35. The molecule has 0 fully saturated rings. The molecule has 0 radical (unpaired) electrons. The SMILES string of the molecule is CCCCOc1ccc2nc(C)cc(N=[N+]=[N-])c2c1. The van der Waals surface area contributed by atoms with Crippen molar-refractivity contribution in [2.75, 3.05) is 6.61 Å². The van der Waals surface area contributed by atoms with Crippen molar-refractivity contribution in [1.82, 2.24) is 4.98 Å². The molecule has 1 aromatic carbocycles. The quantitative estimate of drug-likeness (QED) is 0.337. The summed E-state index contributed by atoms with van der Waals surface area (Å²) in [6.07, 6.45) is 2.12. The third kappa shape index (κ3) is 3.14. The molecule has 0 bridgehead atoms. The van der Waals surface area contributed by atoms with Gasteiger partial charge in [0, 0.05) is 21.7 Å². The zero-order valence-electron chi connectivity index (χ0n) is 11.1. The molecule has 0 aliphatic rings. The van der Waals surface area contributed by atoms with Crippen LogP contribution in [0.5, 0.6) is 5.75 Å². The van der Waals surface area contributed by atoms with Gasteiger partial charge in [0.15, 0.2) is 0 Å². The monoisotopic (exact) mass is 256 g/mol. The van der Waals surface area contributed by atoms with Crippen LogP contribution >= 0.6 is 0 Å². The second-order valence-electron chi connectivity index (χ2n) is 4.35. The Morgan fingerprint density at radius 3 is 2.95 bits per heavy atom. The largest absolute Gasteiger partial charge is 0.494 e. The van der Waals surface area contributed by atoms with Gasteiger partial charge < -0.3 is 4.74 Å². The van der Waals surface area contributed by atoms with E-state index in [2.05, 4.69) is 21.9 Å². The maximum Gasteiger partial charge on any atom is 0.120 e. The van der Waals surface area contributed by atoms with Gasteiger partial charge in [-0.25, -0.2) is 0 Å². The molecule has 0 aliphatic carbocycles. The lowest BCUT2D eigenvalue weighted by molar-refractivity contribution is 0.310. The highest BCUT2D eigenvalue weighted by Gasteiger charge is 2.04. The highest BCUT2D eigenvalue weighted by atomic mass is 16.5. The van der Waals surface area contributed by atoms with Gasteiger partial charge in [0.2, 0.25) is 0 Å². The molecule has 0 atom stereocenters. The third-order valence-corrected chi connectivity index (χ3v) is 2.81. The minimum atomic E-state index is 0.589. The molecule has 19 heavy (non-hydrogen) atoms. The molecule has 2 rings (SSSR count). The fourth-order valence-electron chi connectivity index (χ4n) is 1.87. The Labute approximate surface area is 111 Å². The van der Waals surface area contributed by atoms with Crippen LogP contribution in [0, 0.1) is 6.92 Å². The lowest BCUT2D eigenvalue weighted by Crippen LogP contribution is -1.96. The first-order valence-electron chi connectivity index (χ1n) is 6.34. The third-order valence-electron chi connectivity index (χ3n) is 2.81. The van der Waals surface area contributed by atoms with Crippen molar-refractivity contribution < 1.29 is 4.74 Å². The molecule has 98 valence electrons. The van der Waals surface area contributed by atoms with Crippen molar-refractivity contribution in [2.45, 2.75) is 26.7 Å². The summed E-state index contributed by atoms with van der Waals surface area (Å²) in [5, 5.41) is 4.54. The molecule has 1 aromatic heterocycles. The maximum atomic E-state index is 8.62. The van der Waals surface area contributed by atoms with Crippen LogP contribution in [0.1, 0.15) is 25.5 Å². The number of nitrogens with zero attached hydrogens (tertiary/aromatic N) is 4. The molecule has 0 saturated heterocycles. The van der Waals surface area contributed by atoms with E-state index in [1.165, 1.54) is 0 Å². The Kier molecular flexibility index (Phi) is 4.21. The van der Waals surface area contributed by atoms with Gasteiger partial charge in [-0.15, -0.1) is 0 Å². The van der Waals surface area contributed by atoms with E-state index in [4.69, 9.17) is 10.3 Å². The van der Waals surface area contributed by atoms with E-state index in [0.717, 1.165) is 35.2 Å². The summed E-state index contributed by atoms with van der Waals surface area (Å²) < 4.78 is 5.66. The van der Waals surface area contributed by atoms with Crippen LogP contribution in [-0.4, -0.2) is 11.6 Å². The summed E-state index contributed by atoms with van der Waals surface area (Å²) >= 11 is 0. The number of ether oxygens (including phenoxy) is 1. The Hall–Kier alpha value is -2.26. The predicted molar refractivity (Wildman–Crippen MR) is 75.7 cm³/mol. The fourth-order valence-corrected chi connectivity index (χ4v) is 1.87.